The lowest BCUT2D eigenvalue weighted by Gasteiger charge is -2.21. The van der Waals surface area contributed by atoms with Gasteiger partial charge in [0.15, 0.2) is 6.10 Å². The summed E-state index contributed by atoms with van der Waals surface area (Å²) >= 11 is 0. The molecule has 3 unspecified atom stereocenters. The van der Waals surface area contributed by atoms with Gasteiger partial charge in [-0.25, -0.2) is 4.57 Å². The maximum Gasteiger partial charge on any atom is 0.472 e. The molecule has 0 aromatic heterocycles. The van der Waals surface area contributed by atoms with Crippen LogP contribution in [0.3, 0.4) is 0 Å². The van der Waals surface area contributed by atoms with E-state index in [1.165, 1.54) is 103 Å². The summed E-state index contributed by atoms with van der Waals surface area (Å²) in [4.78, 5) is 48.7. The van der Waals surface area contributed by atoms with E-state index in [0.717, 1.165) is 116 Å². The van der Waals surface area contributed by atoms with Crippen molar-refractivity contribution in [2.75, 3.05) is 26.4 Å². The minimum Gasteiger partial charge on any atom is -0.462 e. The number of allylic oxidation sites excluding steroid dienone is 14. The molecule has 0 aromatic rings. The van der Waals surface area contributed by atoms with Gasteiger partial charge in [-0.1, -0.05) is 228 Å². The third-order valence-electron chi connectivity index (χ3n) is 13.3. The third kappa shape index (κ3) is 57.3. The van der Waals surface area contributed by atoms with Gasteiger partial charge in [0.2, 0.25) is 0 Å². The van der Waals surface area contributed by atoms with Gasteiger partial charge in [-0.2, -0.15) is 0 Å². The summed E-state index contributed by atoms with van der Waals surface area (Å²) < 4.78 is 39.6. The molecule has 2 N–H and O–H groups in total. The van der Waals surface area contributed by atoms with Gasteiger partial charge in [-0.05, 0) is 116 Å². The zero-order valence-corrected chi connectivity index (χ0v) is 50.8. The molecule has 0 fully saturated rings. The average Bonchev–Trinajstić information content (AvgIpc) is 3.43. The van der Waals surface area contributed by atoms with E-state index < -0.39 is 57.8 Å². The van der Waals surface area contributed by atoms with Crippen LogP contribution in [0.15, 0.2) is 85.1 Å². The van der Waals surface area contributed by atoms with Crippen molar-refractivity contribution >= 4 is 25.7 Å². The SMILES string of the molecule is CC/C=C\C/C=C\C/C=C\CCCCCCCC(=O)OC(CO)COP(=O)(O)OCC(COC(=O)CCCCCCCCC/C=C\C/C=C\CCCCC)OC(=O)CCCCCCCCCCC/C=C\C/C=C\CCCCC. The molecule has 12 heteroatoms. The Balaban J connectivity index is 4.74. The molecule has 0 aliphatic carbocycles. The topological polar surface area (TPSA) is 155 Å². The lowest BCUT2D eigenvalue weighted by atomic mass is 10.1. The molecule has 0 amide bonds. The fourth-order valence-electron chi connectivity index (χ4n) is 8.49. The van der Waals surface area contributed by atoms with Crippen molar-refractivity contribution < 1.29 is 52.2 Å². The Morgan fingerprint density at radius 3 is 1.03 bits per heavy atom. The molecule has 0 radical (unpaired) electrons. The van der Waals surface area contributed by atoms with Crippen molar-refractivity contribution in [1.82, 2.24) is 0 Å². The standard InChI is InChI=1S/C66H115O11P/c1-4-7-10-13-16-19-22-25-28-30-31-33-36-39-42-45-48-51-54-57-66(70)77-63(59-73-64(68)55-52-49-46-43-40-37-35-32-29-26-23-20-17-14-11-8-5-2)61-75-78(71,72)74-60-62(58-67)76-65(69)56-53-50-47-44-41-38-34-27-24-21-18-15-12-9-6-3/h9,12,16-21,25-29,34,62-63,67H,4-8,10-11,13-15,22-24,30-33,35-61H2,1-3H3,(H,71,72)/b12-9-,19-16-,20-17-,21-18-,28-25-,29-26-,34-27-. The highest BCUT2D eigenvalue weighted by Crippen LogP contribution is 2.43. The second-order valence-corrected chi connectivity index (χ2v) is 22.3. The summed E-state index contributed by atoms with van der Waals surface area (Å²) in [5.41, 5.74) is 0. The molecule has 78 heavy (non-hydrogen) atoms. The summed E-state index contributed by atoms with van der Waals surface area (Å²) in [6.07, 6.45) is 69.5. The van der Waals surface area contributed by atoms with Crippen LogP contribution >= 0.6 is 7.82 Å². The molecular formula is C66H115O11P. The van der Waals surface area contributed by atoms with Gasteiger partial charge in [0.1, 0.15) is 12.7 Å². The van der Waals surface area contributed by atoms with E-state index in [2.05, 4.69) is 106 Å². The first-order chi connectivity index (χ1) is 38.2. The normalized spacial score (nSPS) is 13.9. The van der Waals surface area contributed by atoms with Crippen LogP contribution in [0.4, 0.5) is 0 Å². The molecule has 0 saturated carbocycles. The number of hydrogen-bond donors (Lipinski definition) is 2. The molecular weight excluding hydrogens is 1000 g/mol. The first kappa shape index (κ1) is 74.7. The van der Waals surface area contributed by atoms with Gasteiger partial charge in [0, 0.05) is 19.3 Å². The molecule has 11 nitrogen and oxygen atoms in total. The Morgan fingerprint density at radius 2 is 0.667 bits per heavy atom. The number of hydrogen-bond acceptors (Lipinski definition) is 10. The highest BCUT2D eigenvalue weighted by Gasteiger charge is 2.28. The van der Waals surface area contributed by atoms with Crippen molar-refractivity contribution in [3.05, 3.63) is 85.1 Å². The van der Waals surface area contributed by atoms with Crippen LogP contribution in [0.5, 0.6) is 0 Å². The minimum atomic E-state index is -4.76. The first-order valence-corrected chi connectivity index (χ1v) is 33.0. The van der Waals surface area contributed by atoms with Crippen LogP contribution in [-0.2, 0) is 42.2 Å². The number of phosphoric acid groups is 1. The van der Waals surface area contributed by atoms with Gasteiger partial charge >= 0.3 is 25.7 Å². The highest BCUT2D eigenvalue weighted by atomic mass is 31.2. The Bertz CT molecular complexity index is 1630. The molecule has 0 spiro atoms. The first-order valence-electron chi connectivity index (χ1n) is 31.5. The number of unbranched alkanes of at least 4 members (excludes halogenated alkanes) is 27. The van der Waals surface area contributed by atoms with Crippen molar-refractivity contribution in [1.29, 1.82) is 0 Å². The van der Waals surface area contributed by atoms with E-state index in [4.69, 9.17) is 23.3 Å². The molecule has 0 rings (SSSR count). The van der Waals surface area contributed by atoms with Crippen LogP contribution in [0, 0.1) is 0 Å². The summed E-state index contributed by atoms with van der Waals surface area (Å²) in [5, 5.41) is 9.84. The largest absolute Gasteiger partial charge is 0.472 e. The Hall–Kier alpha value is -3.34. The summed E-state index contributed by atoms with van der Waals surface area (Å²) in [6, 6.07) is 0. The van der Waals surface area contributed by atoms with E-state index in [1.54, 1.807) is 0 Å². The number of ether oxygens (including phenoxy) is 3. The fourth-order valence-corrected chi connectivity index (χ4v) is 9.27. The number of aliphatic hydroxyl groups is 1. The maximum atomic E-state index is 13.0. The Kier molecular flexibility index (Phi) is 57.2. The predicted octanol–water partition coefficient (Wildman–Crippen LogP) is 19.0. The van der Waals surface area contributed by atoms with E-state index in [9.17, 15) is 28.9 Å². The van der Waals surface area contributed by atoms with Crippen LogP contribution in [0.1, 0.15) is 278 Å². The zero-order chi connectivity index (χ0) is 56.9. The number of esters is 3. The third-order valence-corrected chi connectivity index (χ3v) is 14.2. The van der Waals surface area contributed by atoms with Crippen molar-refractivity contribution in [3.8, 4) is 0 Å². The monoisotopic (exact) mass is 1110 g/mol. The van der Waals surface area contributed by atoms with Gasteiger partial charge < -0.3 is 24.2 Å². The maximum absolute atomic E-state index is 13.0. The molecule has 0 saturated heterocycles. The Labute approximate surface area is 477 Å². The van der Waals surface area contributed by atoms with Crippen LogP contribution in [0.25, 0.3) is 0 Å². The minimum absolute atomic E-state index is 0.155. The highest BCUT2D eigenvalue weighted by molar-refractivity contribution is 7.47. The quantitative estimate of drug-likeness (QED) is 0.0197. The molecule has 3 atom stereocenters. The zero-order valence-electron chi connectivity index (χ0n) is 49.9. The van der Waals surface area contributed by atoms with E-state index in [-0.39, 0.29) is 25.9 Å². The van der Waals surface area contributed by atoms with Crippen LogP contribution in [-0.4, -0.2) is 66.5 Å². The molecule has 0 aliphatic rings. The number of aliphatic hydroxyl groups excluding tert-OH is 1. The number of carbonyl (C=O) groups is 3. The molecule has 450 valence electrons. The lowest BCUT2D eigenvalue weighted by Crippen LogP contribution is -2.30. The average molecular weight is 1120 g/mol. The summed E-state index contributed by atoms with van der Waals surface area (Å²) in [7, 11) is -4.76. The van der Waals surface area contributed by atoms with Crippen LogP contribution < -0.4 is 0 Å². The number of rotatable bonds is 58. The molecule has 0 aromatic carbocycles. The van der Waals surface area contributed by atoms with Gasteiger partial charge in [-0.3, -0.25) is 23.4 Å². The fraction of sp³-hybridized carbons (Fsp3) is 0.742. The molecule has 0 aliphatic heterocycles. The van der Waals surface area contributed by atoms with Crippen LogP contribution in [0.2, 0.25) is 0 Å². The number of carbonyl (C=O) groups excluding carboxylic acids is 3. The molecule has 0 heterocycles. The number of phosphoric ester groups is 1. The summed E-state index contributed by atoms with van der Waals surface area (Å²) in [6.45, 7) is 4.48. The summed E-state index contributed by atoms with van der Waals surface area (Å²) in [5.74, 6) is -1.49. The molecule has 0 bridgehead atoms. The van der Waals surface area contributed by atoms with E-state index in [1.807, 2.05) is 0 Å². The van der Waals surface area contributed by atoms with E-state index >= 15 is 0 Å². The smallest absolute Gasteiger partial charge is 0.462 e. The van der Waals surface area contributed by atoms with Gasteiger partial charge in [0.25, 0.3) is 0 Å². The van der Waals surface area contributed by atoms with Gasteiger partial charge in [-0.15, -0.1) is 0 Å². The van der Waals surface area contributed by atoms with E-state index in [0.29, 0.717) is 19.3 Å². The van der Waals surface area contributed by atoms with Crippen molar-refractivity contribution in [2.24, 2.45) is 0 Å². The second-order valence-electron chi connectivity index (χ2n) is 20.8. The van der Waals surface area contributed by atoms with Crippen molar-refractivity contribution in [3.63, 3.8) is 0 Å². The Morgan fingerprint density at radius 1 is 0.372 bits per heavy atom. The lowest BCUT2D eigenvalue weighted by molar-refractivity contribution is -0.161. The second kappa shape index (κ2) is 59.8. The predicted molar refractivity (Wildman–Crippen MR) is 325 cm³/mol. The van der Waals surface area contributed by atoms with Crippen molar-refractivity contribution in [2.45, 2.75) is 290 Å². The van der Waals surface area contributed by atoms with Gasteiger partial charge in [0.05, 0.1) is 19.8 Å².